The molecule has 32 heavy (non-hydrogen) atoms. The van der Waals surface area contributed by atoms with Crippen molar-refractivity contribution < 1.29 is 19.1 Å². The molecule has 3 aromatic rings. The van der Waals surface area contributed by atoms with Crippen LogP contribution < -0.4 is 20.3 Å². The fourth-order valence-corrected chi connectivity index (χ4v) is 3.11. The minimum absolute atomic E-state index is 0.205. The highest BCUT2D eigenvalue weighted by Gasteiger charge is 2.19. The Bertz CT molecular complexity index is 1050. The number of carbonyl (C=O) groups is 2. The van der Waals surface area contributed by atoms with Gasteiger partial charge in [0, 0.05) is 0 Å². The van der Waals surface area contributed by atoms with Crippen LogP contribution in [0.15, 0.2) is 72.8 Å². The fourth-order valence-electron chi connectivity index (χ4n) is 3.11. The third-order valence-electron chi connectivity index (χ3n) is 5.14. The molecule has 6 heteroatoms. The maximum atomic E-state index is 12.5. The van der Waals surface area contributed by atoms with Crippen molar-refractivity contribution in [2.75, 3.05) is 6.61 Å². The molecule has 0 aliphatic heterocycles. The lowest BCUT2D eigenvalue weighted by Crippen LogP contribution is -2.49. The first-order chi connectivity index (χ1) is 15.5. The maximum absolute atomic E-state index is 12.5. The summed E-state index contributed by atoms with van der Waals surface area (Å²) in [5, 5.41) is 0. The van der Waals surface area contributed by atoms with E-state index in [2.05, 4.69) is 10.9 Å². The Hall–Kier alpha value is -3.80. The van der Waals surface area contributed by atoms with Crippen molar-refractivity contribution in [3.63, 3.8) is 0 Å². The van der Waals surface area contributed by atoms with Crippen LogP contribution in [-0.2, 0) is 9.59 Å². The standard InChI is InChI=1S/C26H28N2O4/c1-4-23(32-22-15-13-21(14-16-22)20-10-6-5-7-11-20)26(30)28-27-25(29)17-31-24-12-8-9-18(2)19(24)3/h5-16,23H,4,17H2,1-3H3,(H,27,29)(H,28,30). The van der Waals surface area contributed by atoms with Gasteiger partial charge in [-0.15, -0.1) is 0 Å². The molecule has 0 saturated carbocycles. The smallest absolute Gasteiger partial charge is 0.279 e. The lowest BCUT2D eigenvalue weighted by molar-refractivity contribution is -0.134. The number of amides is 2. The number of nitrogens with one attached hydrogen (secondary N) is 2. The summed E-state index contributed by atoms with van der Waals surface area (Å²) in [5.74, 6) is 0.331. The van der Waals surface area contributed by atoms with Crippen molar-refractivity contribution in [3.8, 4) is 22.6 Å². The zero-order valence-electron chi connectivity index (χ0n) is 18.6. The molecule has 6 nitrogen and oxygen atoms in total. The van der Waals surface area contributed by atoms with Crippen molar-refractivity contribution in [3.05, 3.63) is 83.9 Å². The van der Waals surface area contributed by atoms with Crippen molar-refractivity contribution in [2.45, 2.75) is 33.3 Å². The van der Waals surface area contributed by atoms with E-state index in [9.17, 15) is 9.59 Å². The van der Waals surface area contributed by atoms with Gasteiger partial charge in [0.2, 0.25) is 0 Å². The molecule has 0 bridgehead atoms. The van der Waals surface area contributed by atoms with Gasteiger partial charge in [0.25, 0.3) is 11.8 Å². The molecule has 0 saturated heterocycles. The average molecular weight is 433 g/mol. The second-order valence-electron chi connectivity index (χ2n) is 7.43. The zero-order valence-corrected chi connectivity index (χ0v) is 18.6. The van der Waals surface area contributed by atoms with Gasteiger partial charge in [-0.1, -0.05) is 61.5 Å². The molecule has 0 aliphatic carbocycles. The van der Waals surface area contributed by atoms with E-state index in [-0.39, 0.29) is 6.61 Å². The van der Waals surface area contributed by atoms with Gasteiger partial charge >= 0.3 is 0 Å². The van der Waals surface area contributed by atoms with Gasteiger partial charge < -0.3 is 9.47 Å². The molecule has 0 aromatic heterocycles. The Morgan fingerprint density at radius 1 is 0.844 bits per heavy atom. The normalized spacial score (nSPS) is 11.3. The van der Waals surface area contributed by atoms with E-state index in [1.54, 1.807) is 6.07 Å². The van der Waals surface area contributed by atoms with Crippen LogP contribution in [0.1, 0.15) is 24.5 Å². The molecule has 2 N–H and O–H groups in total. The van der Waals surface area contributed by atoms with E-state index < -0.39 is 17.9 Å². The highest BCUT2D eigenvalue weighted by molar-refractivity contribution is 5.85. The van der Waals surface area contributed by atoms with Crippen LogP contribution in [0.3, 0.4) is 0 Å². The first kappa shape index (κ1) is 22.9. The van der Waals surface area contributed by atoms with Crippen LogP contribution in [0.25, 0.3) is 11.1 Å². The minimum Gasteiger partial charge on any atom is -0.483 e. The van der Waals surface area contributed by atoms with Crippen molar-refractivity contribution in [1.29, 1.82) is 0 Å². The Balaban J connectivity index is 1.49. The summed E-state index contributed by atoms with van der Waals surface area (Å²) in [7, 11) is 0. The third kappa shape index (κ3) is 6.11. The molecule has 0 radical (unpaired) electrons. The average Bonchev–Trinajstić information content (AvgIpc) is 2.83. The lowest BCUT2D eigenvalue weighted by Gasteiger charge is -2.18. The summed E-state index contributed by atoms with van der Waals surface area (Å²) in [6, 6.07) is 23.2. The number of ether oxygens (including phenoxy) is 2. The molecule has 2 amide bonds. The van der Waals surface area contributed by atoms with E-state index in [0.717, 1.165) is 22.3 Å². The summed E-state index contributed by atoms with van der Waals surface area (Å²) in [5.41, 5.74) is 9.01. The largest absolute Gasteiger partial charge is 0.483 e. The van der Waals surface area contributed by atoms with E-state index in [4.69, 9.17) is 9.47 Å². The Morgan fingerprint density at radius 2 is 1.53 bits per heavy atom. The second kappa shape index (κ2) is 11.0. The number of benzene rings is 3. The van der Waals surface area contributed by atoms with Crippen molar-refractivity contribution in [2.24, 2.45) is 0 Å². The third-order valence-corrected chi connectivity index (χ3v) is 5.14. The van der Waals surface area contributed by atoms with E-state index >= 15 is 0 Å². The zero-order chi connectivity index (χ0) is 22.9. The summed E-state index contributed by atoms with van der Waals surface area (Å²) >= 11 is 0. The van der Waals surface area contributed by atoms with Gasteiger partial charge in [0.05, 0.1) is 0 Å². The van der Waals surface area contributed by atoms with Crippen LogP contribution in [0.2, 0.25) is 0 Å². The monoisotopic (exact) mass is 432 g/mol. The summed E-state index contributed by atoms with van der Waals surface area (Å²) in [4.78, 5) is 24.5. The first-order valence-corrected chi connectivity index (χ1v) is 10.6. The molecule has 3 aromatic carbocycles. The quantitative estimate of drug-likeness (QED) is 0.519. The minimum atomic E-state index is -0.738. The highest BCUT2D eigenvalue weighted by Crippen LogP contribution is 2.23. The highest BCUT2D eigenvalue weighted by atomic mass is 16.5. The van der Waals surface area contributed by atoms with Gasteiger partial charge in [-0.3, -0.25) is 20.4 Å². The van der Waals surface area contributed by atoms with E-state index in [0.29, 0.717) is 17.9 Å². The Labute approximate surface area is 188 Å². The topological polar surface area (TPSA) is 76.7 Å². The number of aryl methyl sites for hydroxylation is 1. The number of rotatable bonds is 8. The number of hydrazine groups is 1. The van der Waals surface area contributed by atoms with Gasteiger partial charge in [-0.05, 0) is 60.7 Å². The van der Waals surface area contributed by atoms with Gasteiger partial charge in [0.15, 0.2) is 12.7 Å². The van der Waals surface area contributed by atoms with Crippen LogP contribution in [0, 0.1) is 13.8 Å². The molecule has 0 spiro atoms. The summed E-state index contributed by atoms with van der Waals surface area (Å²) in [6.45, 7) is 5.54. The van der Waals surface area contributed by atoms with Gasteiger partial charge in [0.1, 0.15) is 11.5 Å². The van der Waals surface area contributed by atoms with Crippen LogP contribution >= 0.6 is 0 Å². The van der Waals surface area contributed by atoms with Gasteiger partial charge in [-0.2, -0.15) is 0 Å². The molecule has 1 unspecified atom stereocenters. The molecular formula is C26H28N2O4. The number of carbonyl (C=O) groups excluding carboxylic acids is 2. The molecular weight excluding hydrogens is 404 g/mol. The van der Waals surface area contributed by atoms with Gasteiger partial charge in [-0.25, -0.2) is 0 Å². The molecule has 166 valence electrons. The SMILES string of the molecule is CCC(Oc1ccc(-c2ccccc2)cc1)C(=O)NNC(=O)COc1cccc(C)c1C. The molecule has 1 atom stereocenters. The maximum Gasteiger partial charge on any atom is 0.279 e. The predicted octanol–water partition coefficient (Wildman–Crippen LogP) is 4.35. The Morgan fingerprint density at radius 3 is 2.22 bits per heavy atom. The molecule has 0 heterocycles. The molecule has 3 rings (SSSR count). The number of hydrogen-bond acceptors (Lipinski definition) is 4. The molecule has 0 aliphatic rings. The summed E-state index contributed by atoms with van der Waals surface area (Å²) in [6.07, 6.45) is -0.293. The summed E-state index contributed by atoms with van der Waals surface area (Å²) < 4.78 is 11.4. The second-order valence-corrected chi connectivity index (χ2v) is 7.43. The van der Waals surface area contributed by atoms with Crippen LogP contribution in [0.5, 0.6) is 11.5 Å². The lowest BCUT2D eigenvalue weighted by atomic mass is 10.1. The first-order valence-electron chi connectivity index (χ1n) is 10.6. The van der Waals surface area contributed by atoms with Crippen molar-refractivity contribution in [1.82, 2.24) is 10.9 Å². The van der Waals surface area contributed by atoms with Crippen LogP contribution in [0.4, 0.5) is 0 Å². The predicted molar refractivity (Wildman–Crippen MR) is 124 cm³/mol. The fraction of sp³-hybridized carbons (Fsp3) is 0.231. The molecule has 0 fully saturated rings. The van der Waals surface area contributed by atoms with Crippen molar-refractivity contribution >= 4 is 11.8 Å². The van der Waals surface area contributed by atoms with Crippen LogP contribution in [-0.4, -0.2) is 24.5 Å². The Kier molecular flexibility index (Phi) is 7.86. The van der Waals surface area contributed by atoms with E-state index in [1.807, 2.05) is 87.5 Å². The van der Waals surface area contributed by atoms with E-state index in [1.165, 1.54) is 0 Å². The number of hydrogen-bond donors (Lipinski definition) is 2.